The first-order chi connectivity index (χ1) is 22.0. The van der Waals surface area contributed by atoms with E-state index in [4.69, 9.17) is 9.84 Å². The molecule has 6 N–H and O–H groups in total. The van der Waals surface area contributed by atoms with Crippen LogP contribution >= 0.6 is 0 Å². The maximum absolute atomic E-state index is 14.1. The zero-order chi connectivity index (χ0) is 33.3. The summed E-state index contributed by atoms with van der Waals surface area (Å²) in [5.41, 5.74) is 4.95. The van der Waals surface area contributed by atoms with Crippen LogP contribution in [-0.2, 0) is 29.1 Å². The molecule has 1 aliphatic heterocycles. The number of hydrogen-bond acceptors (Lipinski definition) is 7. The highest BCUT2D eigenvalue weighted by molar-refractivity contribution is 6.00. The van der Waals surface area contributed by atoms with Gasteiger partial charge < -0.3 is 41.1 Å². The molecule has 0 aliphatic carbocycles. The molecule has 3 aromatic carbocycles. The number of urea groups is 1. The Morgan fingerprint density at radius 3 is 2.52 bits per heavy atom. The van der Waals surface area contributed by atoms with Crippen molar-refractivity contribution >= 4 is 23.5 Å². The molecule has 0 aromatic heterocycles. The largest absolute Gasteiger partial charge is 0.497 e. The first kappa shape index (κ1) is 34.4. The lowest BCUT2D eigenvalue weighted by Crippen LogP contribution is -2.51. The van der Waals surface area contributed by atoms with Crippen molar-refractivity contribution in [3.05, 3.63) is 83.4 Å². The van der Waals surface area contributed by atoms with Crippen LogP contribution < -0.4 is 30.9 Å². The van der Waals surface area contributed by atoms with Crippen molar-refractivity contribution < 1.29 is 29.3 Å². The fourth-order valence-corrected chi connectivity index (χ4v) is 5.54. The van der Waals surface area contributed by atoms with Crippen molar-refractivity contribution in [3.63, 3.8) is 0 Å². The van der Waals surface area contributed by atoms with E-state index in [9.17, 15) is 19.5 Å². The number of carbonyl (C=O) groups excluding carboxylic acids is 3. The van der Waals surface area contributed by atoms with Crippen molar-refractivity contribution in [2.45, 2.75) is 63.9 Å². The van der Waals surface area contributed by atoms with Gasteiger partial charge >= 0.3 is 6.03 Å². The van der Waals surface area contributed by atoms with E-state index in [2.05, 4.69) is 21.3 Å². The molecule has 1 heterocycles. The predicted octanol–water partition coefficient (Wildman–Crippen LogP) is 2.87. The van der Waals surface area contributed by atoms with Gasteiger partial charge in [-0.15, -0.1) is 0 Å². The third-order valence-electron chi connectivity index (χ3n) is 8.10. The number of amides is 4. The molecule has 0 saturated carbocycles. The Morgan fingerprint density at radius 2 is 1.83 bits per heavy atom. The quantitative estimate of drug-likeness (QED) is 0.170. The van der Waals surface area contributed by atoms with E-state index in [1.165, 1.54) is 0 Å². The van der Waals surface area contributed by atoms with Crippen LogP contribution in [0.4, 0.5) is 10.5 Å². The highest BCUT2D eigenvalue weighted by atomic mass is 16.5. The number of hydrogen-bond donors (Lipinski definition) is 6. The Labute approximate surface area is 270 Å². The number of methoxy groups -OCH3 is 1. The number of ether oxygens (including phenoxy) is 1. The van der Waals surface area contributed by atoms with Gasteiger partial charge in [0.15, 0.2) is 0 Å². The third kappa shape index (κ3) is 9.06. The summed E-state index contributed by atoms with van der Waals surface area (Å²) >= 11 is 0. The van der Waals surface area contributed by atoms with E-state index in [0.29, 0.717) is 31.7 Å². The lowest BCUT2D eigenvalue weighted by molar-refractivity contribution is -0.128. The molecule has 0 radical (unpaired) electrons. The Bertz CT molecular complexity index is 1510. The summed E-state index contributed by atoms with van der Waals surface area (Å²) in [5.74, 6) is 0.209. The number of benzene rings is 3. The van der Waals surface area contributed by atoms with Crippen LogP contribution in [0.2, 0.25) is 0 Å². The predicted molar refractivity (Wildman–Crippen MR) is 177 cm³/mol. The van der Waals surface area contributed by atoms with Crippen LogP contribution in [0.25, 0.3) is 11.1 Å². The third-order valence-corrected chi connectivity index (χ3v) is 8.10. The number of aliphatic hydroxyl groups excluding tert-OH is 2. The number of aryl methyl sites for hydroxylation is 1. The Hall–Kier alpha value is -4.45. The van der Waals surface area contributed by atoms with E-state index >= 15 is 0 Å². The lowest BCUT2D eigenvalue weighted by atomic mass is 9.98. The Morgan fingerprint density at radius 1 is 1.09 bits per heavy atom. The average molecular weight is 632 g/mol. The summed E-state index contributed by atoms with van der Waals surface area (Å²) in [6, 6.07) is 20.5. The van der Waals surface area contributed by atoms with Gasteiger partial charge in [-0.3, -0.25) is 9.59 Å². The number of β-amino-alcohol motifs (C(OH)–C–C–N with tert-alkyl or cyclic N) is 1. The van der Waals surface area contributed by atoms with Crippen molar-refractivity contribution in [2.24, 2.45) is 0 Å². The van der Waals surface area contributed by atoms with E-state index in [1.54, 1.807) is 19.1 Å². The summed E-state index contributed by atoms with van der Waals surface area (Å²) in [4.78, 5) is 40.7. The highest BCUT2D eigenvalue weighted by Gasteiger charge is 2.33. The van der Waals surface area contributed by atoms with Crippen molar-refractivity contribution in [1.29, 1.82) is 0 Å². The smallest absolute Gasteiger partial charge is 0.314 e. The van der Waals surface area contributed by atoms with Gasteiger partial charge in [0.1, 0.15) is 11.8 Å². The van der Waals surface area contributed by atoms with Gasteiger partial charge in [0.25, 0.3) is 0 Å². The second-order valence-corrected chi connectivity index (χ2v) is 12.1. The van der Waals surface area contributed by atoms with Crippen molar-refractivity contribution in [1.82, 2.24) is 21.3 Å². The summed E-state index contributed by atoms with van der Waals surface area (Å²) in [6.07, 6.45) is 0.156. The molecule has 0 fully saturated rings. The van der Waals surface area contributed by atoms with Crippen LogP contribution in [-0.4, -0.2) is 73.1 Å². The monoisotopic (exact) mass is 631 g/mol. The molecule has 3 aromatic rings. The number of aliphatic hydroxyl groups is 2. The van der Waals surface area contributed by atoms with Gasteiger partial charge in [-0.25, -0.2) is 4.79 Å². The zero-order valence-electron chi connectivity index (χ0n) is 26.9. The molecule has 11 heteroatoms. The minimum Gasteiger partial charge on any atom is -0.497 e. The van der Waals surface area contributed by atoms with Gasteiger partial charge in [0.2, 0.25) is 11.8 Å². The molecule has 46 heavy (non-hydrogen) atoms. The van der Waals surface area contributed by atoms with E-state index in [0.717, 1.165) is 33.5 Å². The zero-order valence-corrected chi connectivity index (χ0v) is 26.9. The lowest BCUT2D eigenvalue weighted by Gasteiger charge is -2.29. The number of nitrogens with zero attached hydrogens (tertiary/aromatic N) is 1. The fourth-order valence-electron chi connectivity index (χ4n) is 5.54. The number of fused-ring (bicyclic) bond motifs is 1. The topological polar surface area (TPSA) is 152 Å². The second kappa shape index (κ2) is 15.7. The van der Waals surface area contributed by atoms with Gasteiger partial charge in [-0.2, -0.15) is 0 Å². The summed E-state index contributed by atoms with van der Waals surface area (Å²) in [5, 5.41) is 30.3. The van der Waals surface area contributed by atoms with Crippen LogP contribution in [0.3, 0.4) is 0 Å². The molecule has 0 bridgehead atoms. The molecule has 11 nitrogen and oxygen atoms in total. The molecule has 0 unspecified atom stereocenters. The molecule has 246 valence electrons. The molecule has 0 saturated heterocycles. The van der Waals surface area contributed by atoms with Crippen molar-refractivity contribution in [3.8, 4) is 16.9 Å². The summed E-state index contributed by atoms with van der Waals surface area (Å²) in [7, 11) is 3.18. The molecular weight excluding hydrogens is 586 g/mol. The molecule has 0 spiro atoms. The molecule has 4 rings (SSSR count). The summed E-state index contributed by atoms with van der Waals surface area (Å²) in [6.45, 7) is 4.11. The van der Waals surface area contributed by atoms with E-state index in [-0.39, 0.29) is 37.4 Å². The second-order valence-electron chi connectivity index (χ2n) is 12.1. The standard InChI is InChI=1S/C35H45N5O6/c1-35(2,38-20-27(42)22-41)18-32(43)39-30-15-13-25-17-28(46-4)14-16-31(25)40(33(30)44)21-23-9-11-24(12-10-23)29-8-6-5-7-26(29)19-37-34(45)36-3/h5-12,14,16-17,27,30,38,41-42H,13,15,18-22H2,1-4H3,(H,39,43)(H2,36,37,45)/t27-,30+/m0/s1. The highest BCUT2D eigenvalue weighted by Crippen LogP contribution is 2.32. The number of carbonyl (C=O) groups is 3. The van der Waals surface area contributed by atoms with Gasteiger partial charge in [0, 0.05) is 37.8 Å². The Balaban J connectivity index is 1.54. The first-order valence-electron chi connectivity index (χ1n) is 15.5. The fraction of sp³-hybridized carbons (Fsp3) is 0.400. The minimum absolute atomic E-state index is 0.0806. The normalized spacial score (nSPS) is 15.4. The van der Waals surface area contributed by atoms with E-state index in [1.807, 2.05) is 80.6 Å². The average Bonchev–Trinajstić information content (AvgIpc) is 3.18. The number of rotatable bonds is 13. The van der Waals surface area contributed by atoms with E-state index < -0.39 is 17.7 Å². The maximum atomic E-state index is 14.1. The molecule has 1 aliphatic rings. The number of nitrogens with one attached hydrogen (secondary N) is 4. The van der Waals surface area contributed by atoms with Crippen LogP contribution in [0.5, 0.6) is 5.75 Å². The van der Waals surface area contributed by atoms with Gasteiger partial charge in [-0.1, -0.05) is 48.5 Å². The number of anilines is 1. The van der Waals surface area contributed by atoms with Gasteiger partial charge in [-0.05, 0) is 72.7 Å². The SMILES string of the molecule is CNC(=O)NCc1ccccc1-c1ccc(CN2C(=O)[C@H](NC(=O)CC(C)(C)NC[C@H](O)CO)CCc3cc(OC)ccc32)cc1. The molecule has 2 atom stereocenters. The van der Waals surface area contributed by atoms with Crippen LogP contribution in [0, 0.1) is 0 Å². The van der Waals surface area contributed by atoms with Crippen LogP contribution in [0.15, 0.2) is 66.7 Å². The minimum atomic E-state index is -0.926. The van der Waals surface area contributed by atoms with Crippen LogP contribution in [0.1, 0.15) is 43.4 Å². The maximum Gasteiger partial charge on any atom is 0.314 e. The molecule has 4 amide bonds. The summed E-state index contributed by atoms with van der Waals surface area (Å²) < 4.78 is 5.46. The Kier molecular flexibility index (Phi) is 11.8. The van der Waals surface area contributed by atoms with Crippen molar-refractivity contribution in [2.75, 3.05) is 32.2 Å². The first-order valence-corrected chi connectivity index (χ1v) is 15.5. The molecular formula is C35H45N5O6. The van der Waals surface area contributed by atoms with Gasteiger partial charge in [0.05, 0.1) is 26.4 Å².